The molecule has 11 heavy (non-hydrogen) atoms. The molecule has 1 rings (SSSR count). The van der Waals surface area contributed by atoms with E-state index in [1.165, 1.54) is 11.1 Å². The highest BCUT2D eigenvalue weighted by Gasteiger charge is 1.91. The molecule has 1 aromatic carbocycles. The maximum Gasteiger partial charge on any atom is 0.0175 e. The van der Waals surface area contributed by atoms with E-state index in [1.54, 1.807) is 0 Å². The van der Waals surface area contributed by atoms with Crippen molar-refractivity contribution in [1.29, 1.82) is 0 Å². The largest absolute Gasteiger partial charge is 0.0998 e. The third-order valence-electron chi connectivity index (χ3n) is 1.42. The van der Waals surface area contributed by atoms with Crippen LogP contribution < -0.4 is 0 Å². The van der Waals surface area contributed by atoms with Crippen LogP contribution in [0.3, 0.4) is 0 Å². The predicted molar refractivity (Wildman–Crippen MR) is 52.7 cm³/mol. The van der Waals surface area contributed by atoms with E-state index in [0.717, 1.165) is 10.9 Å². The van der Waals surface area contributed by atoms with Crippen LogP contribution in [0.5, 0.6) is 0 Å². The molecule has 0 atom stereocenters. The summed E-state index contributed by atoms with van der Waals surface area (Å²) in [6, 6.07) is 8.33. The van der Waals surface area contributed by atoms with Crippen molar-refractivity contribution in [2.45, 2.75) is 13.3 Å². The molecule has 0 amide bonds. The molecule has 0 aliphatic heterocycles. The summed E-state index contributed by atoms with van der Waals surface area (Å²) >= 11 is 3.39. The normalized spacial score (nSPS) is 9.64. The average molecular weight is 211 g/mol. The Morgan fingerprint density at radius 1 is 1.36 bits per heavy atom. The maximum atomic E-state index is 3.86. The van der Waals surface area contributed by atoms with Crippen molar-refractivity contribution in [3.63, 3.8) is 0 Å². The lowest BCUT2D eigenvalue weighted by Gasteiger charge is -1.99. The van der Waals surface area contributed by atoms with E-state index in [1.807, 2.05) is 6.92 Å². The van der Waals surface area contributed by atoms with Crippen molar-refractivity contribution in [1.82, 2.24) is 0 Å². The summed E-state index contributed by atoms with van der Waals surface area (Å²) in [7, 11) is 0. The van der Waals surface area contributed by atoms with Crippen LogP contribution in [-0.4, -0.2) is 0 Å². The Labute approximate surface area is 76.1 Å². The molecule has 0 heterocycles. The molecule has 0 nitrogen and oxygen atoms in total. The van der Waals surface area contributed by atoms with Gasteiger partial charge in [0.1, 0.15) is 0 Å². The quantitative estimate of drug-likeness (QED) is 0.656. The summed E-state index contributed by atoms with van der Waals surface area (Å²) in [4.78, 5) is 0. The molecule has 0 N–H and O–H groups in total. The van der Waals surface area contributed by atoms with E-state index in [0.29, 0.717) is 0 Å². The zero-order chi connectivity index (χ0) is 8.27. The summed E-state index contributed by atoms with van der Waals surface area (Å²) in [6.07, 6.45) is 0.979. The first-order valence-corrected chi connectivity index (χ1v) is 4.36. The molecule has 58 valence electrons. The summed E-state index contributed by atoms with van der Waals surface area (Å²) in [6.45, 7) is 5.90. The van der Waals surface area contributed by atoms with E-state index in [4.69, 9.17) is 0 Å². The van der Waals surface area contributed by atoms with Crippen molar-refractivity contribution < 1.29 is 0 Å². The number of benzene rings is 1. The Hall–Kier alpha value is -0.560. The van der Waals surface area contributed by atoms with Gasteiger partial charge in [-0.25, -0.2) is 0 Å². The van der Waals surface area contributed by atoms with Gasteiger partial charge in [-0.05, 0) is 31.0 Å². The topological polar surface area (TPSA) is 0 Å². The third kappa shape index (κ3) is 2.89. The number of rotatable bonds is 2. The predicted octanol–water partition coefficient (Wildman–Crippen LogP) is 3.57. The lowest BCUT2D eigenvalue weighted by Crippen LogP contribution is -1.83. The highest BCUT2D eigenvalue weighted by Crippen LogP contribution is 2.12. The van der Waals surface area contributed by atoms with Gasteiger partial charge in [-0.15, -0.1) is 0 Å². The van der Waals surface area contributed by atoms with Crippen LogP contribution in [0, 0.1) is 0 Å². The first-order valence-electron chi connectivity index (χ1n) is 3.57. The Bertz CT molecular complexity index is 246. The van der Waals surface area contributed by atoms with Crippen molar-refractivity contribution >= 4 is 15.9 Å². The van der Waals surface area contributed by atoms with E-state index in [2.05, 4.69) is 46.8 Å². The molecule has 0 radical (unpaired) electrons. The summed E-state index contributed by atoms with van der Waals surface area (Å²) in [5.41, 5.74) is 2.52. The Morgan fingerprint density at radius 2 is 1.91 bits per heavy atom. The fourth-order valence-corrected chi connectivity index (χ4v) is 1.22. The minimum atomic E-state index is 0.979. The maximum absolute atomic E-state index is 3.86. The van der Waals surface area contributed by atoms with Gasteiger partial charge in [-0.1, -0.05) is 40.2 Å². The second-order valence-electron chi connectivity index (χ2n) is 2.76. The van der Waals surface area contributed by atoms with Gasteiger partial charge in [-0.2, -0.15) is 0 Å². The van der Waals surface area contributed by atoms with Gasteiger partial charge in [0.2, 0.25) is 0 Å². The lowest BCUT2D eigenvalue weighted by molar-refractivity contribution is 1.15. The molecule has 0 aromatic heterocycles. The van der Waals surface area contributed by atoms with Gasteiger partial charge < -0.3 is 0 Å². The number of allylic oxidation sites excluding steroid dienone is 1. The fraction of sp³-hybridized carbons (Fsp3) is 0.200. The van der Waals surface area contributed by atoms with E-state index in [9.17, 15) is 0 Å². The van der Waals surface area contributed by atoms with Crippen molar-refractivity contribution in [2.24, 2.45) is 0 Å². The molecule has 0 saturated carbocycles. The Balaban J connectivity index is 2.74. The zero-order valence-corrected chi connectivity index (χ0v) is 8.19. The minimum absolute atomic E-state index is 0.979. The van der Waals surface area contributed by atoms with Gasteiger partial charge >= 0.3 is 0 Å². The second-order valence-corrected chi connectivity index (χ2v) is 3.68. The molecule has 0 fully saturated rings. The van der Waals surface area contributed by atoms with E-state index >= 15 is 0 Å². The molecule has 1 heteroatoms. The van der Waals surface area contributed by atoms with Gasteiger partial charge in [0.25, 0.3) is 0 Å². The molecule has 0 bridgehead atoms. The van der Waals surface area contributed by atoms with Crippen LogP contribution in [-0.2, 0) is 6.42 Å². The number of halogens is 1. The van der Waals surface area contributed by atoms with Crippen molar-refractivity contribution in [2.75, 3.05) is 0 Å². The van der Waals surface area contributed by atoms with Crippen LogP contribution in [0.25, 0.3) is 0 Å². The molecule has 0 aliphatic carbocycles. The summed E-state index contributed by atoms with van der Waals surface area (Å²) in [5, 5.41) is 0. The number of hydrogen-bond acceptors (Lipinski definition) is 0. The van der Waals surface area contributed by atoms with Crippen LogP contribution in [0.15, 0.2) is 40.9 Å². The molecule has 0 aliphatic rings. The van der Waals surface area contributed by atoms with Gasteiger partial charge in [-0.3, -0.25) is 0 Å². The highest BCUT2D eigenvalue weighted by atomic mass is 79.9. The average Bonchev–Trinajstić information content (AvgIpc) is 1.93. The first kappa shape index (κ1) is 8.54. The van der Waals surface area contributed by atoms with Crippen LogP contribution in [0.1, 0.15) is 12.5 Å². The van der Waals surface area contributed by atoms with E-state index < -0.39 is 0 Å². The summed E-state index contributed by atoms with van der Waals surface area (Å²) in [5.74, 6) is 0. The second kappa shape index (κ2) is 3.72. The SMILES string of the molecule is C=C(C)Cc1ccc(Br)cc1. The lowest BCUT2D eigenvalue weighted by atomic mass is 10.1. The Morgan fingerprint density at radius 3 is 2.36 bits per heavy atom. The highest BCUT2D eigenvalue weighted by molar-refractivity contribution is 9.10. The standard InChI is InChI=1S/C10H11Br/c1-8(2)7-9-3-5-10(11)6-4-9/h3-6H,1,7H2,2H3. The molecule has 0 unspecified atom stereocenters. The van der Waals surface area contributed by atoms with Crippen LogP contribution in [0.2, 0.25) is 0 Å². The molecule has 1 aromatic rings. The molecular formula is C10H11Br. The number of hydrogen-bond donors (Lipinski definition) is 0. The Kier molecular flexibility index (Phi) is 2.89. The minimum Gasteiger partial charge on any atom is -0.0998 e. The van der Waals surface area contributed by atoms with Crippen LogP contribution in [0.4, 0.5) is 0 Å². The fourth-order valence-electron chi connectivity index (χ4n) is 0.951. The first-order chi connectivity index (χ1) is 5.18. The zero-order valence-electron chi connectivity index (χ0n) is 6.60. The monoisotopic (exact) mass is 210 g/mol. The third-order valence-corrected chi connectivity index (χ3v) is 1.95. The van der Waals surface area contributed by atoms with Crippen molar-refractivity contribution in [3.8, 4) is 0 Å². The van der Waals surface area contributed by atoms with Crippen molar-refractivity contribution in [3.05, 3.63) is 46.5 Å². The molecular weight excluding hydrogens is 200 g/mol. The van der Waals surface area contributed by atoms with Gasteiger partial charge in [0.05, 0.1) is 0 Å². The van der Waals surface area contributed by atoms with Gasteiger partial charge in [0, 0.05) is 4.47 Å². The van der Waals surface area contributed by atoms with E-state index in [-0.39, 0.29) is 0 Å². The summed E-state index contributed by atoms with van der Waals surface area (Å²) < 4.78 is 1.13. The molecule has 0 spiro atoms. The van der Waals surface area contributed by atoms with Crippen LogP contribution >= 0.6 is 15.9 Å². The molecule has 0 saturated heterocycles. The van der Waals surface area contributed by atoms with Gasteiger partial charge in [0.15, 0.2) is 0 Å². The smallest absolute Gasteiger partial charge is 0.0175 e.